The number of aliphatic imine (C=N–C) groups is 1. The molecule has 0 aromatic rings. The van der Waals surface area contributed by atoms with Gasteiger partial charge in [-0.15, -0.1) is 0 Å². The van der Waals surface area contributed by atoms with Crippen LogP contribution in [0.2, 0.25) is 0 Å². The van der Waals surface area contributed by atoms with E-state index in [0.29, 0.717) is 0 Å². The first-order valence-electron chi connectivity index (χ1n) is 5.91. The van der Waals surface area contributed by atoms with E-state index in [2.05, 4.69) is 29.5 Å². The van der Waals surface area contributed by atoms with E-state index in [4.69, 9.17) is 0 Å². The third-order valence-corrected chi connectivity index (χ3v) is 2.65. The molecular formula is C12H23N3O. The second-order valence-electron chi connectivity index (χ2n) is 5.64. The van der Waals surface area contributed by atoms with Gasteiger partial charge in [-0.2, -0.15) is 0 Å². The Labute approximate surface area is 97.9 Å². The lowest BCUT2D eigenvalue weighted by Gasteiger charge is -2.28. The molecule has 92 valence electrons. The summed E-state index contributed by atoms with van der Waals surface area (Å²) in [5, 5.41) is 6.35. The first kappa shape index (κ1) is 13.0. The summed E-state index contributed by atoms with van der Waals surface area (Å²) in [4.78, 5) is 16.5. The Balaban J connectivity index is 2.71. The van der Waals surface area contributed by atoms with Crippen LogP contribution in [0.25, 0.3) is 0 Å². The molecule has 16 heavy (non-hydrogen) atoms. The zero-order chi connectivity index (χ0) is 12.3. The van der Waals surface area contributed by atoms with Crippen molar-refractivity contribution in [3.63, 3.8) is 0 Å². The molecule has 1 aliphatic heterocycles. The number of ketones is 1. The third-order valence-electron chi connectivity index (χ3n) is 2.65. The van der Waals surface area contributed by atoms with Crippen molar-refractivity contribution in [1.29, 1.82) is 0 Å². The molecule has 1 rings (SSSR count). The number of nitrogens with one attached hydrogen (secondary N) is 2. The van der Waals surface area contributed by atoms with Crippen molar-refractivity contribution in [2.45, 2.75) is 40.7 Å². The molecule has 0 radical (unpaired) electrons. The van der Waals surface area contributed by atoms with Gasteiger partial charge in [-0.25, -0.2) is 0 Å². The predicted molar refractivity (Wildman–Crippen MR) is 66.5 cm³/mol. The molecule has 4 nitrogen and oxygen atoms in total. The van der Waals surface area contributed by atoms with Crippen LogP contribution in [0.4, 0.5) is 0 Å². The average molecular weight is 225 g/mol. The van der Waals surface area contributed by atoms with Crippen molar-refractivity contribution in [1.82, 2.24) is 10.6 Å². The van der Waals surface area contributed by atoms with Crippen LogP contribution in [-0.2, 0) is 4.79 Å². The van der Waals surface area contributed by atoms with Gasteiger partial charge < -0.3 is 10.6 Å². The minimum Gasteiger partial charge on any atom is -0.355 e. The lowest BCUT2D eigenvalue weighted by Crippen LogP contribution is -2.51. The second kappa shape index (κ2) is 4.85. The van der Waals surface area contributed by atoms with E-state index >= 15 is 0 Å². The molecule has 0 aromatic heterocycles. The zero-order valence-corrected chi connectivity index (χ0v) is 10.9. The lowest BCUT2D eigenvalue weighted by molar-refractivity contribution is -0.129. The number of rotatable bonds is 3. The molecule has 0 saturated carbocycles. The van der Waals surface area contributed by atoms with E-state index in [9.17, 15) is 4.79 Å². The molecule has 0 unspecified atom stereocenters. The average Bonchev–Trinajstić information content (AvgIpc) is 2.63. The molecule has 1 aliphatic rings. The molecule has 0 spiro atoms. The minimum absolute atomic E-state index is 0.163. The Morgan fingerprint density at radius 3 is 2.44 bits per heavy atom. The molecule has 0 saturated heterocycles. The summed E-state index contributed by atoms with van der Waals surface area (Å²) in [6.07, 6.45) is 0. The van der Waals surface area contributed by atoms with E-state index in [1.54, 1.807) is 0 Å². The van der Waals surface area contributed by atoms with Crippen LogP contribution in [0.3, 0.4) is 0 Å². The molecule has 1 atom stereocenters. The summed E-state index contributed by atoms with van der Waals surface area (Å²) in [7, 11) is 0. The molecule has 0 amide bonds. The van der Waals surface area contributed by atoms with Crippen molar-refractivity contribution in [3.8, 4) is 0 Å². The Bertz CT molecular complexity index is 289. The van der Waals surface area contributed by atoms with Crippen LogP contribution in [0.15, 0.2) is 4.99 Å². The van der Waals surface area contributed by atoms with Crippen LogP contribution >= 0.6 is 0 Å². The number of carbonyl (C=O) groups excluding carboxylic acids is 1. The molecule has 0 aromatic carbocycles. The molecular weight excluding hydrogens is 202 g/mol. The third kappa shape index (κ3) is 3.22. The van der Waals surface area contributed by atoms with Crippen molar-refractivity contribution in [3.05, 3.63) is 0 Å². The van der Waals surface area contributed by atoms with Gasteiger partial charge in [0.1, 0.15) is 0 Å². The molecule has 0 fully saturated rings. The topological polar surface area (TPSA) is 53.5 Å². The Morgan fingerprint density at radius 1 is 1.44 bits per heavy atom. The van der Waals surface area contributed by atoms with Crippen molar-refractivity contribution >= 4 is 11.7 Å². The highest BCUT2D eigenvalue weighted by Gasteiger charge is 2.32. The number of hydrogen-bond donors (Lipinski definition) is 2. The van der Waals surface area contributed by atoms with E-state index in [0.717, 1.165) is 19.0 Å². The first-order chi connectivity index (χ1) is 7.32. The van der Waals surface area contributed by atoms with Gasteiger partial charge in [-0.1, -0.05) is 34.6 Å². The van der Waals surface area contributed by atoms with Gasteiger partial charge in [0, 0.05) is 12.0 Å². The molecule has 0 aliphatic carbocycles. The van der Waals surface area contributed by atoms with E-state index < -0.39 is 0 Å². The van der Waals surface area contributed by atoms with Gasteiger partial charge in [0.25, 0.3) is 0 Å². The van der Waals surface area contributed by atoms with Gasteiger partial charge in [-0.05, 0) is 5.92 Å². The van der Waals surface area contributed by atoms with Crippen LogP contribution < -0.4 is 10.6 Å². The Kier molecular flexibility index (Phi) is 3.94. The number of guanidine groups is 1. The zero-order valence-electron chi connectivity index (χ0n) is 10.9. The highest BCUT2D eigenvalue weighted by Crippen LogP contribution is 2.20. The maximum absolute atomic E-state index is 12.2. The summed E-state index contributed by atoms with van der Waals surface area (Å²) in [6, 6.07) is -0.163. The predicted octanol–water partition coefficient (Wildman–Crippen LogP) is 1.17. The monoisotopic (exact) mass is 225 g/mol. The van der Waals surface area contributed by atoms with Gasteiger partial charge >= 0.3 is 0 Å². The maximum Gasteiger partial charge on any atom is 0.191 e. The fraction of sp³-hybridized carbons (Fsp3) is 0.833. The molecule has 4 heteroatoms. The van der Waals surface area contributed by atoms with Gasteiger partial charge in [-0.3, -0.25) is 9.79 Å². The SMILES string of the molecule is CC(C)[C@H](NC1=NCCN1)C(=O)C(C)(C)C. The highest BCUT2D eigenvalue weighted by atomic mass is 16.1. The number of hydrogen-bond acceptors (Lipinski definition) is 4. The summed E-state index contributed by atoms with van der Waals surface area (Å²) in [5.41, 5.74) is -0.318. The van der Waals surface area contributed by atoms with Crippen LogP contribution in [0.1, 0.15) is 34.6 Å². The van der Waals surface area contributed by atoms with Gasteiger partial charge in [0.05, 0.1) is 12.6 Å². The normalized spacial score (nSPS) is 18.0. The van der Waals surface area contributed by atoms with E-state index in [-0.39, 0.29) is 23.2 Å². The smallest absolute Gasteiger partial charge is 0.191 e. The second-order valence-corrected chi connectivity index (χ2v) is 5.64. The van der Waals surface area contributed by atoms with Crippen LogP contribution in [0.5, 0.6) is 0 Å². The van der Waals surface area contributed by atoms with Crippen molar-refractivity contribution in [2.75, 3.05) is 13.1 Å². The Morgan fingerprint density at radius 2 is 2.06 bits per heavy atom. The van der Waals surface area contributed by atoms with Crippen LogP contribution in [-0.4, -0.2) is 30.9 Å². The summed E-state index contributed by atoms with van der Waals surface area (Å²) >= 11 is 0. The summed E-state index contributed by atoms with van der Waals surface area (Å²) in [6.45, 7) is 11.6. The van der Waals surface area contributed by atoms with Crippen molar-refractivity contribution < 1.29 is 4.79 Å². The van der Waals surface area contributed by atoms with Gasteiger partial charge in [0.15, 0.2) is 11.7 Å². The van der Waals surface area contributed by atoms with Crippen LogP contribution in [0, 0.1) is 11.3 Å². The summed E-state index contributed by atoms with van der Waals surface area (Å²) in [5.74, 6) is 1.26. The maximum atomic E-state index is 12.2. The minimum atomic E-state index is -0.318. The number of carbonyl (C=O) groups is 1. The molecule has 1 heterocycles. The van der Waals surface area contributed by atoms with E-state index in [1.807, 2.05) is 20.8 Å². The fourth-order valence-electron chi connectivity index (χ4n) is 1.64. The van der Waals surface area contributed by atoms with Crippen molar-refractivity contribution in [2.24, 2.45) is 16.3 Å². The fourth-order valence-corrected chi connectivity index (χ4v) is 1.64. The Hall–Kier alpha value is -1.06. The lowest BCUT2D eigenvalue weighted by atomic mass is 9.82. The standard InChI is InChI=1S/C12H23N3O/c1-8(2)9(10(16)12(3,4)5)15-11-13-6-7-14-11/h8-9H,6-7H2,1-5H3,(H2,13,14,15)/t9-/m0/s1. The summed E-state index contributed by atoms with van der Waals surface area (Å²) < 4.78 is 0. The quantitative estimate of drug-likeness (QED) is 0.758. The largest absolute Gasteiger partial charge is 0.355 e. The molecule has 0 bridgehead atoms. The molecule has 2 N–H and O–H groups in total. The van der Waals surface area contributed by atoms with E-state index in [1.165, 1.54) is 0 Å². The number of Topliss-reactive ketones (excluding diaryl/α,β-unsaturated/α-hetero) is 1. The van der Waals surface area contributed by atoms with Gasteiger partial charge in [0.2, 0.25) is 0 Å². The number of nitrogens with zero attached hydrogens (tertiary/aromatic N) is 1. The first-order valence-corrected chi connectivity index (χ1v) is 5.91. The highest BCUT2D eigenvalue weighted by molar-refractivity contribution is 5.93.